The van der Waals surface area contributed by atoms with E-state index in [1.54, 1.807) is 4.90 Å². The summed E-state index contributed by atoms with van der Waals surface area (Å²) in [5, 5.41) is 0. The van der Waals surface area contributed by atoms with E-state index in [1.807, 2.05) is 10.6 Å². The quantitative estimate of drug-likeness (QED) is 0.754. The number of primary amides is 1. The van der Waals surface area contributed by atoms with Crippen molar-refractivity contribution in [3.63, 3.8) is 0 Å². The first-order valence-corrected chi connectivity index (χ1v) is 7.49. The molecule has 1 aromatic rings. The van der Waals surface area contributed by atoms with Gasteiger partial charge in [-0.25, -0.2) is 0 Å². The molecule has 4 rings (SSSR count). The van der Waals surface area contributed by atoms with Gasteiger partial charge in [0.25, 0.3) is 11.8 Å². The van der Waals surface area contributed by atoms with Gasteiger partial charge in [-0.05, 0) is 18.8 Å². The Morgan fingerprint density at radius 1 is 1.36 bits per heavy atom. The first-order chi connectivity index (χ1) is 10.5. The first-order valence-electron chi connectivity index (χ1n) is 7.49. The summed E-state index contributed by atoms with van der Waals surface area (Å²) in [5.74, 6) is -0.631. The smallest absolute Gasteiger partial charge is 0.271 e. The minimum absolute atomic E-state index is 0.0435. The van der Waals surface area contributed by atoms with E-state index in [9.17, 15) is 14.4 Å². The molecule has 0 fully saturated rings. The Balaban J connectivity index is 2.11. The summed E-state index contributed by atoms with van der Waals surface area (Å²) in [5.41, 5.74) is 5.77. The lowest BCUT2D eigenvalue weighted by atomic mass is 9.81. The molecule has 2 amide bonds. The summed E-state index contributed by atoms with van der Waals surface area (Å²) in [6.45, 7) is 3.29. The highest BCUT2D eigenvalue weighted by Crippen LogP contribution is 2.45. The molecule has 3 aliphatic rings. The van der Waals surface area contributed by atoms with Gasteiger partial charge in [0.1, 0.15) is 11.3 Å². The number of pyridine rings is 1. The fourth-order valence-corrected chi connectivity index (χ4v) is 4.27. The number of nitrogens with two attached hydrogens (primary N) is 1. The topological polar surface area (TPSA) is 85.4 Å². The molecule has 2 bridgehead atoms. The highest BCUT2D eigenvalue weighted by molar-refractivity contribution is 5.98. The van der Waals surface area contributed by atoms with Crippen molar-refractivity contribution in [2.24, 2.45) is 11.7 Å². The zero-order valence-corrected chi connectivity index (χ0v) is 12.3. The number of carbonyl (C=O) groups excluding carboxylic acids is 2. The summed E-state index contributed by atoms with van der Waals surface area (Å²) >= 11 is 0. The van der Waals surface area contributed by atoms with Gasteiger partial charge in [0.05, 0.1) is 5.54 Å². The Morgan fingerprint density at radius 3 is 2.86 bits per heavy atom. The molecule has 1 aromatic heterocycles. The fourth-order valence-electron chi connectivity index (χ4n) is 4.27. The van der Waals surface area contributed by atoms with E-state index < -0.39 is 11.3 Å². The van der Waals surface area contributed by atoms with Gasteiger partial charge in [-0.3, -0.25) is 14.4 Å². The number of carbonyl (C=O) groups is 2. The molecule has 1 spiro atoms. The SMILES string of the molecule is CC1Cc2c(C(N)=O)c(=O)cc3n2C12CC=CCN(C2)C3=O. The van der Waals surface area contributed by atoms with Crippen LogP contribution in [0.1, 0.15) is 39.9 Å². The summed E-state index contributed by atoms with van der Waals surface area (Å²) in [4.78, 5) is 38.5. The predicted octanol–water partition coefficient (Wildman–Crippen LogP) is 0.250. The lowest BCUT2D eigenvalue weighted by molar-refractivity contribution is 0.0538. The lowest BCUT2D eigenvalue weighted by Gasteiger charge is -2.44. The molecule has 0 aromatic carbocycles. The number of nitrogens with zero attached hydrogens (tertiary/aromatic N) is 2. The van der Waals surface area contributed by atoms with E-state index in [0.29, 0.717) is 30.9 Å². The van der Waals surface area contributed by atoms with Gasteiger partial charge in [-0.1, -0.05) is 19.1 Å². The minimum atomic E-state index is -0.710. The number of amides is 2. The van der Waals surface area contributed by atoms with Gasteiger partial charge in [0, 0.05) is 24.8 Å². The van der Waals surface area contributed by atoms with E-state index in [0.717, 1.165) is 6.42 Å². The largest absolute Gasteiger partial charge is 0.365 e. The third kappa shape index (κ3) is 1.42. The van der Waals surface area contributed by atoms with E-state index in [4.69, 9.17) is 5.73 Å². The molecule has 6 nitrogen and oxygen atoms in total. The van der Waals surface area contributed by atoms with Crippen molar-refractivity contribution in [1.82, 2.24) is 9.47 Å². The average molecular weight is 299 g/mol. The molecule has 0 radical (unpaired) electrons. The lowest BCUT2D eigenvalue weighted by Crippen LogP contribution is -2.54. The number of aromatic nitrogens is 1. The van der Waals surface area contributed by atoms with Crippen molar-refractivity contribution in [2.45, 2.75) is 25.3 Å². The van der Waals surface area contributed by atoms with Gasteiger partial charge >= 0.3 is 0 Å². The van der Waals surface area contributed by atoms with Crippen molar-refractivity contribution < 1.29 is 9.59 Å². The van der Waals surface area contributed by atoms with Crippen LogP contribution in [0.5, 0.6) is 0 Å². The molecule has 0 saturated carbocycles. The second kappa shape index (κ2) is 4.09. The van der Waals surface area contributed by atoms with E-state index >= 15 is 0 Å². The van der Waals surface area contributed by atoms with Crippen LogP contribution in [0, 0.1) is 5.92 Å². The highest BCUT2D eigenvalue weighted by Gasteiger charge is 2.51. The number of fused-ring (bicyclic) bond motifs is 1. The molecule has 0 aliphatic carbocycles. The number of hydrogen-bond donors (Lipinski definition) is 1. The van der Waals surface area contributed by atoms with Crippen LogP contribution in [0.15, 0.2) is 23.0 Å². The Hall–Kier alpha value is -2.37. The predicted molar refractivity (Wildman–Crippen MR) is 79.7 cm³/mol. The van der Waals surface area contributed by atoms with Crippen LogP contribution in [0.4, 0.5) is 0 Å². The average Bonchev–Trinajstić information content (AvgIpc) is 2.62. The molecule has 2 unspecified atom stereocenters. The molecule has 0 saturated heterocycles. The molecule has 22 heavy (non-hydrogen) atoms. The molecule has 2 N–H and O–H groups in total. The second-order valence-electron chi connectivity index (χ2n) is 6.49. The van der Waals surface area contributed by atoms with Crippen molar-refractivity contribution in [3.05, 3.63) is 45.4 Å². The maximum absolute atomic E-state index is 12.7. The summed E-state index contributed by atoms with van der Waals surface area (Å²) in [6.07, 6.45) is 5.47. The van der Waals surface area contributed by atoms with Crippen LogP contribution in [-0.4, -0.2) is 34.4 Å². The Bertz CT molecular complexity index is 808. The van der Waals surface area contributed by atoms with Gasteiger partial charge in [-0.2, -0.15) is 0 Å². The standard InChI is InChI=1S/C16H17N3O3/c1-9-6-10-13(14(17)21)12(20)7-11-15(22)18-5-3-2-4-16(9,8-18)19(10)11/h2-3,7,9H,4-6,8H2,1H3,(H2,17,21). The summed E-state index contributed by atoms with van der Waals surface area (Å²) in [6, 6.07) is 1.29. The van der Waals surface area contributed by atoms with Crippen LogP contribution in [-0.2, 0) is 12.0 Å². The van der Waals surface area contributed by atoms with Gasteiger partial charge in [0.2, 0.25) is 0 Å². The minimum Gasteiger partial charge on any atom is -0.365 e. The van der Waals surface area contributed by atoms with Crippen LogP contribution in [0.3, 0.4) is 0 Å². The summed E-state index contributed by atoms with van der Waals surface area (Å²) in [7, 11) is 0. The zero-order valence-electron chi connectivity index (χ0n) is 12.3. The third-order valence-electron chi connectivity index (χ3n) is 5.36. The van der Waals surface area contributed by atoms with E-state index in [1.165, 1.54) is 6.07 Å². The normalized spacial score (nSPS) is 28.5. The fraction of sp³-hybridized carbons (Fsp3) is 0.438. The van der Waals surface area contributed by atoms with Crippen LogP contribution < -0.4 is 11.2 Å². The van der Waals surface area contributed by atoms with Gasteiger partial charge in [0.15, 0.2) is 5.43 Å². The summed E-state index contributed by atoms with van der Waals surface area (Å²) < 4.78 is 1.94. The monoisotopic (exact) mass is 299 g/mol. The Kier molecular flexibility index (Phi) is 2.47. The third-order valence-corrected chi connectivity index (χ3v) is 5.36. The molecular weight excluding hydrogens is 282 g/mol. The first kappa shape index (κ1) is 13.3. The molecule has 3 aliphatic heterocycles. The van der Waals surface area contributed by atoms with Crippen LogP contribution in [0.25, 0.3) is 0 Å². The zero-order chi connectivity index (χ0) is 15.6. The van der Waals surface area contributed by atoms with Crippen molar-refractivity contribution >= 4 is 11.8 Å². The van der Waals surface area contributed by atoms with Crippen molar-refractivity contribution in [1.29, 1.82) is 0 Å². The van der Waals surface area contributed by atoms with Crippen molar-refractivity contribution in [3.8, 4) is 0 Å². The van der Waals surface area contributed by atoms with E-state index in [-0.39, 0.29) is 22.9 Å². The number of allylic oxidation sites excluding steroid dienone is 1. The van der Waals surface area contributed by atoms with Crippen molar-refractivity contribution in [2.75, 3.05) is 13.1 Å². The van der Waals surface area contributed by atoms with Crippen LogP contribution in [0.2, 0.25) is 0 Å². The van der Waals surface area contributed by atoms with Gasteiger partial charge < -0.3 is 15.2 Å². The Labute approximate surface area is 127 Å². The van der Waals surface area contributed by atoms with Gasteiger partial charge in [-0.15, -0.1) is 0 Å². The Morgan fingerprint density at radius 2 is 2.14 bits per heavy atom. The second-order valence-corrected chi connectivity index (χ2v) is 6.49. The maximum atomic E-state index is 12.7. The molecule has 6 heteroatoms. The molecular formula is C16H17N3O3. The maximum Gasteiger partial charge on any atom is 0.271 e. The van der Waals surface area contributed by atoms with Crippen LogP contribution >= 0.6 is 0 Å². The molecule has 2 atom stereocenters. The molecule has 4 heterocycles. The number of rotatable bonds is 1. The highest BCUT2D eigenvalue weighted by atomic mass is 16.2. The van der Waals surface area contributed by atoms with E-state index in [2.05, 4.69) is 13.0 Å². The molecule has 114 valence electrons. The number of hydrogen-bond acceptors (Lipinski definition) is 3.